The van der Waals surface area contributed by atoms with Gasteiger partial charge in [-0.25, -0.2) is 4.98 Å². The molecule has 0 amide bonds. The average Bonchev–Trinajstić information content (AvgIpc) is 2.88. The molecule has 0 radical (unpaired) electrons. The normalized spacial score (nSPS) is 10.6. The smallest absolute Gasteiger partial charge is 0.129 e. The first-order valence-corrected chi connectivity index (χ1v) is 6.58. The summed E-state index contributed by atoms with van der Waals surface area (Å²) in [5, 5.41) is 2.94. The van der Waals surface area contributed by atoms with Crippen LogP contribution in [0.5, 0.6) is 5.75 Å². The highest BCUT2D eigenvalue weighted by atomic mass is 32.1. The molecule has 4 nitrogen and oxygen atoms in total. The van der Waals surface area contributed by atoms with Gasteiger partial charge < -0.3 is 15.2 Å². The maximum absolute atomic E-state index is 5.37. The largest absolute Gasteiger partial charge is 0.496 e. The lowest BCUT2D eigenvalue weighted by Crippen LogP contribution is -2.08. The molecular formula is C13H16N2O2S. The van der Waals surface area contributed by atoms with Crippen molar-refractivity contribution in [1.82, 2.24) is 4.98 Å². The molecule has 18 heavy (non-hydrogen) atoms. The monoisotopic (exact) mass is 264 g/mol. The van der Waals surface area contributed by atoms with Crippen molar-refractivity contribution in [3.8, 4) is 16.3 Å². The van der Waals surface area contributed by atoms with Crippen LogP contribution in [0, 0.1) is 0 Å². The number of nitrogens with two attached hydrogens (primary N) is 1. The van der Waals surface area contributed by atoms with Gasteiger partial charge in [-0.05, 0) is 12.1 Å². The lowest BCUT2D eigenvalue weighted by Gasteiger charge is -2.04. The first kappa shape index (κ1) is 13.0. The van der Waals surface area contributed by atoms with Crippen LogP contribution in [0.25, 0.3) is 10.6 Å². The first-order chi connectivity index (χ1) is 8.85. The summed E-state index contributed by atoms with van der Waals surface area (Å²) in [6, 6.07) is 7.86. The summed E-state index contributed by atoms with van der Waals surface area (Å²) < 4.78 is 10.7. The van der Waals surface area contributed by atoms with Crippen molar-refractivity contribution >= 4 is 11.3 Å². The molecule has 2 aromatic rings. The minimum Gasteiger partial charge on any atom is -0.496 e. The number of benzene rings is 1. The van der Waals surface area contributed by atoms with Gasteiger partial charge >= 0.3 is 0 Å². The van der Waals surface area contributed by atoms with Crippen LogP contribution in [0.15, 0.2) is 29.6 Å². The molecule has 0 aliphatic carbocycles. The van der Waals surface area contributed by atoms with E-state index in [0.29, 0.717) is 19.8 Å². The highest BCUT2D eigenvalue weighted by Gasteiger charge is 2.09. The highest BCUT2D eigenvalue weighted by Crippen LogP contribution is 2.31. The van der Waals surface area contributed by atoms with Crippen molar-refractivity contribution in [2.24, 2.45) is 5.73 Å². The van der Waals surface area contributed by atoms with Crippen LogP contribution < -0.4 is 10.5 Å². The molecule has 2 rings (SSSR count). The van der Waals surface area contributed by atoms with Gasteiger partial charge in [0.05, 0.1) is 31.6 Å². The molecule has 0 aliphatic rings. The fraction of sp³-hybridized carbons (Fsp3) is 0.308. The zero-order valence-corrected chi connectivity index (χ0v) is 11.1. The SMILES string of the molecule is COc1ccccc1-c1nc(COCCN)cs1. The topological polar surface area (TPSA) is 57.4 Å². The number of methoxy groups -OCH3 is 1. The number of nitrogens with zero attached hydrogens (tertiary/aromatic N) is 1. The van der Waals surface area contributed by atoms with E-state index in [1.807, 2.05) is 29.6 Å². The Hall–Kier alpha value is -1.43. The van der Waals surface area contributed by atoms with Crippen molar-refractivity contribution in [1.29, 1.82) is 0 Å². The number of para-hydroxylation sites is 1. The predicted molar refractivity (Wildman–Crippen MR) is 72.8 cm³/mol. The molecule has 0 saturated carbocycles. The molecular weight excluding hydrogens is 248 g/mol. The van der Waals surface area contributed by atoms with E-state index in [9.17, 15) is 0 Å². The molecule has 0 spiro atoms. The Labute approximate surface area is 110 Å². The quantitative estimate of drug-likeness (QED) is 0.813. The van der Waals surface area contributed by atoms with Gasteiger partial charge in [-0.1, -0.05) is 12.1 Å². The summed E-state index contributed by atoms with van der Waals surface area (Å²) in [4.78, 5) is 4.53. The maximum atomic E-state index is 5.37. The summed E-state index contributed by atoms with van der Waals surface area (Å²) in [6.45, 7) is 1.59. The summed E-state index contributed by atoms with van der Waals surface area (Å²) in [5.74, 6) is 0.835. The van der Waals surface area contributed by atoms with Gasteiger partial charge in [0.15, 0.2) is 0 Å². The van der Waals surface area contributed by atoms with Crippen molar-refractivity contribution < 1.29 is 9.47 Å². The minimum absolute atomic E-state index is 0.503. The van der Waals surface area contributed by atoms with Crippen LogP contribution in [-0.2, 0) is 11.3 Å². The third-order valence-electron chi connectivity index (χ3n) is 2.40. The van der Waals surface area contributed by atoms with Crippen LogP contribution in [0.4, 0.5) is 0 Å². The number of aromatic nitrogens is 1. The number of hydrogen-bond donors (Lipinski definition) is 1. The molecule has 5 heteroatoms. The van der Waals surface area contributed by atoms with Crippen LogP contribution in [-0.4, -0.2) is 25.2 Å². The van der Waals surface area contributed by atoms with Crippen molar-refractivity contribution in [3.63, 3.8) is 0 Å². The van der Waals surface area contributed by atoms with E-state index in [1.165, 1.54) is 0 Å². The minimum atomic E-state index is 0.503. The maximum Gasteiger partial charge on any atom is 0.129 e. The molecule has 0 bridgehead atoms. The highest BCUT2D eigenvalue weighted by molar-refractivity contribution is 7.13. The lowest BCUT2D eigenvalue weighted by atomic mass is 10.2. The van der Waals surface area contributed by atoms with E-state index in [4.69, 9.17) is 15.2 Å². The lowest BCUT2D eigenvalue weighted by molar-refractivity contribution is 0.126. The van der Waals surface area contributed by atoms with Crippen LogP contribution in [0.3, 0.4) is 0 Å². The van der Waals surface area contributed by atoms with Gasteiger partial charge in [-0.15, -0.1) is 11.3 Å². The van der Waals surface area contributed by atoms with Gasteiger partial charge in [-0.2, -0.15) is 0 Å². The number of hydrogen-bond acceptors (Lipinski definition) is 5. The molecule has 0 fully saturated rings. The van der Waals surface area contributed by atoms with Gasteiger partial charge in [0.2, 0.25) is 0 Å². The van der Waals surface area contributed by atoms with Gasteiger partial charge in [0.1, 0.15) is 10.8 Å². The Morgan fingerprint density at radius 2 is 2.17 bits per heavy atom. The van der Waals surface area contributed by atoms with E-state index in [0.717, 1.165) is 22.0 Å². The zero-order chi connectivity index (χ0) is 12.8. The van der Waals surface area contributed by atoms with E-state index in [-0.39, 0.29) is 0 Å². The second kappa shape index (κ2) is 6.49. The first-order valence-electron chi connectivity index (χ1n) is 5.70. The molecule has 1 heterocycles. The van der Waals surface area contributed by atoms with E-state index in [2.05, 4.69) is 4.98 Å². The molecule has 1 aromatic carbocycles. The summed E-state index contributed by atoms with van der Waals surface area (Å²) >= 11 is 1.59. The molecule has 0 unspecified atom stereocenters. The third-order valence-corrected chi connectivity index (χ3v) is 3.33. The van der Waals surface area contributed by atoms with Crippen LogP contribution in [0.2, 0.25) is 0 Å². The summed E-state index contributed by atoms with van der Waals surface area (Å²) in [7, 11) is 1.66. The van der Waals surface area contributed by atoms with Gasteiger partial charge in [0.25, 0.3) is 0 Å². The number of thiazole rings is 1. The Morgan fingerprint density at radius 1 is 1.33 bits per heavy atom. The third kappa shape index (κ3) is 3.07. The Kier molecular flexibility index (Phi) is 4.69. The molecule has 0 aliphatic heterocycles. The zero-order valence-electron chi connectivity index (χ0n) is 10.3. The Morgan fingerprint density at radius 3 is 2.94 bits per heavy atom. The van der Waals surface area contributed by atoms with Crippen LogP contribution in [0.1, 0.15) is 5.69 Å². The van der Waals surface area contributed by atoms with E-state index < -0.39 is 0 Å². The second-order valence-corrected chi connectivity index (χ2v) is 4.54. The van der Waals surface area contributed by atoms with Crippen LogP contribution >= 0.6 is 11.3 Å². The second-order valence-electron chi connectivity index (χ2n) is 3.69. The van der Waals surface area contributed by atoms with Crippen molar-refractivity contribution in [3.05, 3.63) is 35.3 Å². The van der Waals surface area contributed by atoms with Crippen molar-refractivity contribution in [2.45, 2.75) is 6.61 Å². The fourth-order valence-corrected chi connectivity index (χ4v) is 2.41. The predicted octanol–water partition coefficient (Wildman–Crippen LogP) is 2.29. The Bertz CT molecular complexity index is 499. The van der Waals surface area contributed by atoms with Gasteiger partial charge in [-0.3, -0.25) is 0 Å². The standard InChI is InChI=1S/C13H16N2O2S/c1-16-12-5-3-2-4-11(12)13-15-10(9-18-13)8-17-7-6-14/h2-5,9H,6-8,14H2,1H3. The van der Waals surface area contributed by atoms with E-state index in [1.54, 1.807) is 18.4 Å². The molecule has 2 N–H and O–H groups in total. The molecule has 0 atom stereocenters. The Balaban J connectivity index is 2.13. The molecule has 1 aromatic heterocycles. The molecule has 96 valence electrons. The fourth-order valence-electron chi connectivity index (χ4n) is 1.58. The number of rotatable bonds is 6. The van der Waals surface area contributed by atoms with Crippen molar-refractivity contribution in [2.75, 3.05) is 20.3 Å². The molecule has 0 saturated heterocycles. The summed E-state index contributed by atoms with van der Waals surface area (Å²) in [5.41, 5.74) is 7.30. The average molecular weight is 264 g/mol. The number of ether oxygens (including phenoxy) is 2. The van der Waals surface area contributed by atoms with E-state index >= 15 is 0 Å². The summed E-state index contributed by atoms with van der Waals surface area (Å²) in [6.07, 6.45) is 0. The van der Waals surface area contributed by atoms with Gasteiger partial charge in [0, 0.05) is 11.9 Å².